The fourth-order valence-corrected chi connectivity index (χ4v) is 1.65. The largest absolute Gasteiger partial charge is 0.744 e. The average molecular weight is 261 g/mol. The van der Waals surface area contributed by atoms with Crippen LogP contribution in [-0.4, -0.2) is 19.5 Å². The summed E-state index contributed by atoms with van der Waals surface area (Å²) in [6.45, 7) is 3.27. The van der Waals surface area contributed by atoms with E-state index < -0.39 is 15.0 Å². The molecule has 17 heavy (non-hydrogen) atoms. The minimum Gasteiger partial charge on any atom is -0.744 e. The highest BCUT2D eigenvalue weighted by atomic mass is 32.2. The molecule has 0 heterocycles. The minimum absolute atomic E-state index is 0.0841. The molecule has 0 fully saturated rings. The molecular formula is C10H19N3O3S. The SMILES string of the molecule is CCCC[NH3+].Nc1ccc(N)c(S(=O)(=O)[O-])c1. The van der Waals surface area contributed by atoms with Gasteiger partial charge in [-0.2, -0.15) is 0 Å². The monoisotopic (exact) mass is 261 g/mol. The zero-order valence-corrected chi connectivity index (χ0v) is 10.7. The summed E-state index contributed by atoms with van der Waals surface area (Å²) in [5, 5.41) is 0. The van der Waals surface area contributed by atoms with Crippen LogP contribution >= 0.6 is 0 Å². The van der Waals surface area contributed by atoms with Crippen molar-refractivity contribution >= 4 is 21.5 Å². The van der Waals surface area contributed by atoms with E-state index in [0.29, 0.717) is 0 Å². The lowest BCUT2D eigenvalue weighted by molar-refractivity contribution is -0.368. The summed E-state index contributed by atoms with van der Waals surface area (Å²) < 4.78 is 31.5. The fourth-order valence-electron chi connectivity index (χ4n) is 1.02. The predicted octanol–water partition coefficient (Wildman–Crippen LogP) is -0.216. The number of nitrogen functional groups attached to an aromatic ring is 2. The van der Waals surface area contributed by atoms with Gasteiger partial charge in [-0.25, -0.2) is 8.42 Å². The van der Waals surface area contributed by atoms with Crippen LogP contribution in [0.2, 0.25) is 0 Å². The lowest BCUT2D eigenvalue weighted by atomic mass is 10.3. The van der Waals surface area contributed by atoms with Gasteiger partial charge < -0.3 is 21.8 Å². The third-order valence-corrected chi connectivity index (χ3v) is 2.80. The Labute approximate surface area is 102 Å². The molecule has 0 unspecified atom stereocenters. The molecule has 0 bridgehead atoms. The average Bonchev–Trinajstić information content (AvgIpc) is 2.22. The van der Waals surface area contributed by atoms with Gasteiger partial charge in [0, 0.05) is 11.4 Å². The van der Waals surface area contributed by atoms with Crippen molar-refractivity contribution in [1.82, 2.24) is 0 Å². The first-order valence-corrected chi connectivity index (χ1v) is 6.63. The van der Waals surface area contributed by atoms with E-state index in [-0.39, 0.29) is 11.4 Å². The molecule has 6 nitrogen and oxygen atoms in total. The van der Waals surface area contributed by atoms with Crippen LogP contribution < -0.4 is 17.2 Å². The number of benzene rings is 1. The van der Waals surface area contributed by atoms with Crippen molar-refractivity contribution in [1.29, 1.82) is 0 Å². The number of rotatable bonds is 3. The Morgan fingerprint density at radius 2 is 1.94 bits per heavy atom. The summed E-state index contributed by atoms with van der Waals surface area (Å²) in [5.41, 5.74) is 14.3. The summed E-state index contributed by atoms with van der Waals surface area (Å²) in [7, 11) is -4.51. The van der Waals surface area contributed by atoms with Crippen molar-refractivity contribution in [3.63, 3.8) is 0 Å². The predicted molar refractivity (Wildman–Crippen MR) is 65.9 cm³/mol. The lowest BCUT2D eigenvalue weighted by Crippen LogP contribution is -2.49. The summed E-state index contributed by atoms with van der Waals surface area (Å²) in [4.78, 5) is -0.470. The Kier molecular flexibility index (Phi) is 6.55. The van der Waals surface area contributed by atoms with Crippen LogP contribution in [-0.2, 0) is 10.1 Å². The van der Waals surface area contributed by atoms with Crippen molar-refractivity contribution in [2.45, 2.75) is 24.7 Å². The molecule has 0 spiro atoms. The fraction of sp³-hybridized carbons (Fsp3) is 0.400. The van der Waals surface area contributed by atoms with E-state index in [4.69, 9.17) is 11.5 Å². The third kappa shape index (κ3) is 6.10. The number of anilines is 2. The smallest absolute Gasteiger partial charge is 0.126 e. The zero-order valence-electron chi connectivity index (χ0n) is 9.85. The van der Waals surface area contributed by atoms with Crippen LogP contribution in [0.15, 0.2) is 23.1 Å². The van der Waals surface area contributed by atoms with Crippen molar-refractivity contribution in [2.75, 3.05) is 18.0 Å². The molecule has 0 radical (unpaired) electrons. The molecule has 7 heteroatoms. The van der Waals surface area contributed by atoms with Gasteiger partial charge in [0.25, 0.3) is 0 Å². The van der Waals surface area contributed by atoms with Crippen molar-refractivity contribution < 1.29 is 18.7 Å². The first kappa shape index (κ1) is 15.7. The van der Waals surface area contributed by atoms with Crippen LogP contribution in [0, 0.1) is 0 Å². The molecule has 0 atom stereocenters. The van der Waals surface area contributed by atoms with Crippen LogP contribution in [0.1, 0.15) is 19.8 Å². The summed E-state index contributed by atoms with van der Waals surface area (Å²) in [5.74, 6) is 0. The molecule has 98 valence electrons. The zero-order chi connectivity index (χ0) is 13.5. The molecule has 0 saturated carbocycles. The molecule has 7 N–H and O–H groups in total. The first-order chi connectivity index (χ1) is 7.82. The highest BCUT2D eigenvalue weighted by Gasteiger charge is 2.05. The van der Waals surface area contributed by atoms with Crippen LogP contribution in [0.5, 0.6) is 0 Å². The van der Waals surface area contributed by atoms with Gasteiger partial charge in [0.15, 0.2) is 0 Å². The highest BCUT2D eigenvalue weighted by Crippen LogP contribution is 2.20. The minimum atomic E-state index is -4.51. The molecule has 1 rings (SSSR count). The molecular weight excluding hydrogens is 242 g/mol. The van der Waals surface area contributed by atoms with E-state index in [1.807, 2.05) is 0 Å². The van der Waals surface area contributed by atoms with Gasteiger partial charge in [-0.3, -0.25) is 0 Å². The van der Waals surface area contributed by atoms with Gasteiger partial charge in [0.2, 0.25) is 0 Å². The van der Waals surface area contributed by atoms with E-state index in [1.165, 1.54) is 25.0 Å². The molecule has 0 saturated heterocycles. The second-order valence-corrected chi connectivity index (χ2v) is 4.81. The van der Waals surface area contributed by atoms with E-state index in [0.717, 1.165) is 12.6 Å². The lowest BCUT2D eigenvalue weighted by Gasteiger charge is -2.09. The standard InChI is InChI=1S/C6H8N2O3S.C4H11N/c7-4-1-2-5(8)6(3-4)12(9,10)11;1-2-3-4-5/h1-3H,7-8H2,(H,9,10,11);2-5H2,1H3. The summed E-state index contributed by atoms with van der Waals surface area (Å²) >= 11 is 0. The normalized spacial score (nSPS) is 10.5. The van der Waals surface area contributed by atoms with Gasteiger partial charge in [0.1, 0.15) is 10.1 Å². The summed E-state index contributed by atoms with van der Waals surface area (Å²) in [6.07, 6.45) is 2.56. The van der Waals surface area contributed by atoms with E-state index >= 15 is 0 Å². The Hall–Kier alpha value is -1.31. The molecule has 1 aromatic carbocycles. The Bertz CT molecular complexity index is 444. The van der Waals surface area contributed by atoms with Crippen molar-refractivity contribution in [2.24, 2.45) is 0 Å². The number of unbranched alkanes of at least 4 members (excludes halogenated alkanes) is 1. The van der Waals surface area contributed by atoms with E-state index in [2.05, 4.69) is 12.7 Å². The molecule has 0 aliphatic rings. The maximum Gasteiger partial charge on any atom is 0.126 e. The highest BCUT2D eigenvalue weighted by molar-refractivity contribution is 7.86. The maximum absolute atomic E-state index is 10.5. The number of quaternary nitrogens is 1. The molecule has 0 aliphatic heterocycles. The van der Waals surface area contributed by atoms with Gasteiger partial charge in [-0.15, -0.1) is 0 Å². The number of hydrogen-bond donors (Lipinski definition) is 3. The molecule has 0 amide bonds. The first-order valence-electron chi connectivity index (χ1n) is 5.23. The van der Waals surface area contributed by atoms with Crippen LogP contribution in [0.4, 0.5) is 11.4 Å². The van der Waals surface area contributed by atoms with Crippen LogP contribution in [0.3, 0.4) is 0 Å². The number of nitrogens with two attached hydrogens (primary N) is 2. The van der Waals surface area contributed by atoms with Crippen LogP contribution in [0.25, 0.3) is 0 Å². The Morgan fingerprint density at radius 3 is 2.24 bits per heavy atom. The summed E-state index contributed by atoms with van der Waals surface area (Å²) in [6, 6.07) is 3.74. The second-order valence-electron chi connectivity index (χ2n) is 3.46. The topological polar surface area (TPSA) is 137 Å². The van der Waals surface area contributed by atoms with Gasteiger partial charge in [0.05, 0.1) is 11.4 Å². The molecule has 0 aromatic heterocycles. The van der Waals surface area contributed by atoms with Gasteiger partial charge >= 0.3 is 0 Å². The Morgan fingerprint density at radius 1 is 1.35 bits per heavy atom. The van der Waals surface area contributed by atoms with Crippen molar-refractivity contribution in [3.05, 3.63) is 18.2 Å². The van der Waals surface area contributed by atoms with Gasteiger partial charge in [-0.05, 0) is 24.6 Å². The van der Waals surface area contributed by atoms with E-state index in [9.17, 15) is 13.0 Å². The maximum atomic E-state index is 10.5. The second kappa shape index (κ2) is 7.10. The van der Waals surface area contributed by atoms with E-state index in [1.54, 1.807) is 0 Å². The number of hydrogen-bond acceptors (Lipinski definition) is 5. The van der Waals surface area contributed by atoms with Crippen molar-refractivity contribution in [3.8, 4) is 0 Å². The Balaban J connectivity index is 0.000000437. The third-order valence-electron chi connectivity index (χ3n) is 1.91. The molecule has 1 aromatic rings. The molecule has 0 aliphatic carbocycles. The quantitative estimate of drug-likeness (QED) is 0.510. The van der Waals surface area contributed by atoms with Gasteiger partial charge in [-0.1, -0.05) is 13.3 Å².